The lowest BCUT2D eigenvalue weighted by Gasteiger charge is -2.13. The second-order valence-electron chi connectivity index (χ2n) is 5.83. The number of benzene rings is 1. The van der Waals surface area contributed by atoms with Gasteiger partial charge in [0.05, 0.1) is 12.4 Å². The zero-order valence-corrected chi connectivity index (χ0v) is 15.2. The average molecular weight is 349 g/mol. The first-order valence-corrected chi connectivity index (χ1v) is 8.71. The van der Waals surface area contributed by atoms with E-state index in [0.29, 0.717) is 17.6 Å². The molecule has 0 aliphatic heterocycles. The number of hydrogen-bond acceptors (Lipinski definition) is 6. The highest BCUT2D eigenvalue weighted by Crippen LogP contribution is 2.21. The Morgan fingerprint density at radius 3 is 2.79 bits per heavy atom. The molecule has 1 amide bonds. The topological polar surface area (TPSA) is 81.9 Å². The van der Waals surface area contributed by atoms with Gasteiger partial charge >= 0.3 is 0 Å². The molecule has 8 heteroatoms. The summed E-state index contributed by atoms with van der Waals surface area (Å²) in [7, 11) is 1.62. The van der Waals surface area contributed by atoms with Gasteiger partial charge in [0.25, 0.3) is 0 Å². The third kappa shape index (κ3) is 4.95. The number of hydrogen-bond donors (Lipinski definition) is 1. The number of para-hydroxylation sites is 1. The highest BCUT2D eigenvalue weighted by Gasteiger charge is 2.19. The van der Waals surface area contributed by atoms with Crippen molar-refractivity contribution < 1.29 is 9.53 Å². The minimum absolute atomic E-state index is 0.0648. The SMILES string of the molecule is COc1ccccc1CNC(=O)C(C)Sc1nnnn1CC(C)C. The number of amides is 1. The number of tetrazole rings is 1. The van der Waals surface area contributed by atoms with Crippen LogP contribution in [0.15, 0.2) is 29.4 Å². The van der Waals surface area contributed by atoms with E-state index in [0.717, 1.165) is 17.9 Å². The molecule has 2 aromatic rings. The Morgan fingerprint density at radius 1 is 1.33 bits per heavy atom. The first-order chi connectivity index (χ1) is 11.5. The van der Waals surface area contributed by atoms with E-state index < -0.39 is 0 Å². The van der Waals surface area contributed by atoms with Gasteiger partial charge in [-0.05, 0) is 29.3 Å². The molecular weight excluding hydrogens is 326 g/mol. The van der Waals surface area contributed by atoms with Gasteiger partial charge in [-0.25, -0.2) is 4.68 Å². The molecule has 0 bridgehead atoms. The van der Waals surface area contributed by atoms with Crippen molar-refractivity contribution in [3.63, 3.8) is 0 Å². The second kappa shape index (κ2) is 8.68. The zero-order valence-electron chi connectivity index (χ0n) is 14.4. The van der Waals surface area contributed by atoms with Gasteiger partial charge in [0.15, 0.2) is 0 Å². The minimum atomic E-state index is -0.295. The number of methoxy groups -OCH3 is 1. The Morgan fingerprint density at radius 2 is 2.08 bits per heavy atom. The number of carbonyl (C=O) groups excluding carboxylic acids is 1. The molecule has 1 unspecified atom stereocenters. The number of thioether (sulfide) groups is 1. The smallest absolute Gasteiger partial charge is 0.233 e. The van der Waals surface area contributed by atoms with Gasteiger partial charge in [-0.15, -0.1) is 5.10 Å². The highest BCUT2D eigenvalue weighted by molar-refractivity contribution is 8.00. The van der Waals surface area contributed by atoms with Crippen LogP contribution in [0.5, 0.6) is 5.75 Å². The monoisotopic (exact) mass is 349 g/mol. The molecule has 130 valence electrons. The molecule has 0 saturated carbocycles. The van der Waals surface area contributed by atoms with Crippen molar-refractivity contribution in [2.75, 3.05) is 7.11 Å². The van der Waals surface area contributed by atoms with Gasteiger partial charge in [0.2, 0.25) is 11.1 Å². The van der Waals surface area contributed by atoms with Crippen molar-refractivity contribution in [1.29, 1.82) is 0 Å². The maximum atomic E-state index is 12.3. The minimum Gasteiger partial charge on any atom is -0.496 e. The second-order valence-corrected chi connectivity index (χ2v) is 7.14. The molecule has 24 heavy (non-hydrogen) atoms. The van der Waals surface area contributed by atoms with Gasteiger partial charge in [-0.2, -0.15) is 0 Å². The number of nitrogens with one attached hydrogen (secondary N) is 1. The molecule has 0 aliphatic carbocycles. The molecule has 0 radical (unpaired) electrons. The van der Waals surface area contributed by atoms with E-state index in [1.807, 2.05) is 31.2 Å². The summed E-state index contributed by atoms with van der Waals surface area (Å²) in [4.78, 5) is 12.3. The van der Waals surface area contributed by atoms with Crippen LogP contribution in [0.3, 0.4) is 0 Å². The van der Waals surface area contributed by atoms with E-state index >= 15 is 0 Å². The van der Waals surface area contributed by atoms with E-state index in [9.17, 15) is 4.79 Å². The maximum absolute atomic E-state index is 12.3. The van der Waals surface area contributed by atoms with Crippen molar-refractivity contribution in [1.82, 2.24) is 25.5 Å². The molecular formula is C16H23N5O2S. The lowest BCUT2D eigenvalue weighted by Crippen LogP contribution is -2.30. The van der Waals surface area contributed by atoms with Crippen molar-refractivity contribution >= 4 is 17.7 Å². The van der Waals surface area contributed by atoms with Gasteiger partial charge < -0.3 is 10.1 Å². The third-order valence-electron chi connectivity index (χ3n) is 3.33. The fourth-order valence-electron chi connectivity index (χ4n) is 2.13. The Hall–Kier alpha value is -2.09. The largest absolute Gasteiger partial charge is 0.496 e. The average Bonchev–Trinajstić information content (AvgIpc) is 2.98. The van der Waals surface area contributed by atoms with E-state index in [-0.39, 0.29) is 11.2 Å². The molecule has 1 heterocycles. The molecule has 1 N–H and O–H groups in total. The Bertz CT molecular complexity index is 674. The summed E-state index contributed by atoms with van der Waals surface area (Å²) >= 11 is 1.36. The predicted octanol–water partition coefficient (Wildman–Crippen LogP) is 2.13. The highest BCUT2D eigenvalue weighted by atomic mass is 32.2. The summed E-state index contributed by atoms with van der Waals surface area (Å²) in [5, 5.41) is 15.0. The molecule has 0 spiro atoms. The van der Waals surface area contributed by atoms with Crippen LogP contribution in [-0.2, 0) is 17.9 Å². The van der Waals surface area contributed by atoms with Crippen LogP contribution in [0.4, 0.5) is 0 Å². The number of ether oxygens (including phenoxy) is 1. The zero-order chi connectivity index (χ0) is 17.5. The van der Waals surface area contributed by atoms with Crippen LogP contribution in [0.1, 0.15) is 26.3 Å². The lowest BCUT2D eigenvalue weighted by atomic mass is 10.2. The van der Waals surface area contributed by atoms with E-state index in [1.54, 1.807) is 11.8 Å². The van der Waals surface area contributed by atoms with Crippen molar-refractivity contribution in [2.45, 2.75) is 44.3 Å². The van der Waals surface area contributed by atoms with Crippen molar-refractivity contribution in [2.24, 2.45) is 5.92 Å². The molecule has 1 atom stereocenters. The first kappa shape index (κ1) is 18.3. The molecule has 2 rings (SSSR count). The number of nitrogens with zero attached hydrogens (tertiary/aromatic N) is 4. The first-order valence-electron chi connectivity index (χ1n) is 7.83. The molecule has 7 nitrogen and oxygen atoms in total. The number of aromatic nitrogens is 4. The summed E-state index contributed by atoms with van der Waals surface area (Å²) < 4.78 is 7.03. The van der Waals surface area contributed by atoms with Crippen LogP contribution in [0.2, 0.25) is 0 Å². The predicted molar refractivity (Wildman–Crippen MR) is 92.8 cm³/mol. The quantitative estimate of drug-likeness (QED) is 0.735. The fraction of sp³-hybridized carbons (Fsp3) is 0.500. The van der Waals surface area contributed by atoms with E-state index in [4.69, 9.17) is 4.74 Å². The van der Waals surface area contributed by atoms with Crippen LogP contribution in [0, 0.1) is 5.92 Å². The van der Waals surface area contributed by atoms with Gasteiger partial charge in [-0.1, -0.05) is 43.8 Å². The standard InChI is InChI=1S/C16H23N5O2S/c1-11(2)10-21-16(18-19-20-21)24-12(3)15(22)17-9-13-7-5-6-8-14(13)23-4/h5-8,11-12H,9-10H2,1-4H3,(H,17,22). The number of carbonyl (C=O) groups is 1. The summed E-state index contributed by atoms with van der Waals surface area (Å²) in [6.07, 6.45) is 0. The fourth-order valence-corrected chi connectivity index (χ4v) is 2.95. The molecule has 1 aromatic heterocycles. The summed E-state index contributed by atoms with van der Waals surface area (Å²) in [6.45, 7) is 7.19. The van der Waals surface area contributed by atoms with Crippen molar-refractivity contribution in [3.8, 4) is 5.75 Å². The maximum Gasteiger partial charge on any atom is 0.233 e. The van der Waals surface area contributed by atoms with Crippen LogP contribution in [0.25, 0.3) is 0 Å². The van der Waals surface area contributed by atoms with Crippen LogP contribution < -0.4 is 10.1 Å². The Kier molecular flexibility index (Phi) is 6.60. The van der Waals surface area contributed by atoms with Gasteiger partial charge in [-0.3, -0.25) is 4.79 Å². The van der Waals surface area contributed by atoms with E-state index in [1.165, 1.54) is 11.8 Å². The molecule has 1 aromatic carbocycles. The normalized spacial score (nSPS) is 12.2. The van der Waals surface area contributed by atoms with Crippen molar-refractivity contribution in [3.05, 3.63) is 29.8 Å². The Labute approximate surface area is 146 Å². The molecule has 0 fully saturated rings. The summed E-state index contributed by atoms with van der Waals surface area (Å²) in [5.74, 6) is 1.13. The molecule has 0 saturated heterocycles. The Balaban J connectivity index is 1.92. The van der Waals surface area contributed by atoms with Crippen LogP contribution >= 0.6 is 11.8 Å². The lowest BCUT2D eigenvalue weighted by molar-refractivity contribution is -0.120. The third-order valence-corrected chi connectivity index (χ3v) is 4.40. The van der Waals surface area contributed by atoms with Crippen LogP contribution in [-0.4, -0.2) is 38.5 Å². The summed E-state index contributed by atoms with van der Waals surface area (Å²) in [6, 6.07) is 7.62. The molecule has 0 aliphatic rings. The van der Waals surface area contributed by atoms with Gasteiger partial charge in [0.1, 0.15) is 5.75 Å². The van der Waals surface area contributed by atoms with Gasteiger partial charge in [0, 0.05) is 18.7 Å². The number of rotatable bonds is 8. The summed E-state index contributed by atoms with van der Waals surface area (Å²) in [5.41, 5.74) is 0.940. The van der Waals surface area contributed by atoms with E-state index in [2.05, 4.69) is 34.7 Å².